The first-order valence-electron chi connectivity index (χ1n) is 7.62. The van der Waals surface area contributed by atoms with Gasteiger partial charge >= 0.3 is 0 Å². The van der Waals surface area contributed by atoms with E-state index in [1.807, 2.05) is 18.3 Å². The second-order valence-corrected chi connectivity index (χ2v) is 6.35. The van der Waals surface area contributed by atoms with Gasteiger partial charge in [-0.25, -0.2) is 0 Å². The molecule has 3 heterocycles. The van der Waals surface area contributed by atoms with Crippen molar-refractivity contribution in [3.8, 4) is 0 Å². The number of aromatic nitrogens is 1. The van der Waals surface area contributed by atoms with Crippen molar-refractivity contribution < 1.29 is 9.53 Å². The average molecular weight is 316 g/mol. The Balaban J connectivity index is 1.71. The highest BCUT2D eigenvalue weighted by atomic mass is 32.1. The number of carbonyl (C=O) groups is 1. The van der Waals surface area contributed by atoms with Crippen LogP contribution in [0, 0.1) is 5.92 Å². The van der Waals surface area contributed by atoms with E-state index in [0.29, 0.717) is 13.2 Å². The van der Waals surface area contributed by atoms with E-state index in [9.17, 15) is 4.79 Å². The Bertz CT molecular complexity index is 580. The molecule has 0 aromatic carbocycles. The first kappa shape index (κ1) is 15.2. The van der Waals surface area contributed by atoms with Crippen molar-refractivity contribution in [1.29, 1.82) is 0 Å². The fourth-order valence-corrected chi connectivity index (χ4v) is 3.41. The fraction of sp³-hybridized carbons (Fsp3) is 0.412. The third kappa shape index (κ3) is 3.93. The molecule has 1 unspecified atom stereocenters. The van der Waals surface area contributed by atoms with E-state index in [2.05, 4.69) is 27.1 Å². The lowest BCUT2D eigenvalue weighted by atomic mass is 9.96. The molecule has 3 rings (SSSR count). The molecule has 1 aliphatic rings. The molecule has 1 aliphatic heterocycles. The minimum absolute atomic E-state index is 0.0290. The lowest BCUT2D eigenvalue weighted by Crippen LogP contribution is -2.37. The molecule has 0 radical (unpaired) electrons. The van der Waals surface area contributed by atoms with E-state index in [1.54, 1.807) is 17.5 Å². The Morgan fingerprint density at radius 2 is 2.27 bits per heavy atom. The van der Waals surface area contributed by atoms with Crippen LogP contribution in [0.4, 0.5) is 0 Å². The SMILES string of the molecule is O=C(NC(Cc1ccsc1)c1cccnc1)C1CCOCC1. The standard InChI is InChI=1S/C17H20N2O2S/c20-17(14-3-7-21-8-4-14)19-16(10-13-5-9-22-12-13)15-2-1-6-18-11-15/h1-2,5-6,9,11-12,14,16H,3-4,7-8,10H2,(H,19,20). The second-order valence-electron chi connectivity index (χ2n) is 5.57. The Morgan fingerprint density at radius 1 is 1.41 bits per heavy atom. The Labute approximate surface area is 134 Å². The molecule has 0 saturated carbocycles. The molecule has 0 aliphatic carbocycles. The lowest BCUT2D eigenvalue weighted by molar-refractivity contribution is -0.128. The van der Waals surface area contributed by atoms with Gasteiger partial charge in [-0.1, -0.05) is 6.07 Å². The second kappa shape index (κ2) is 7.51. The highest BCUT2D eigenvalue weighted by Crippen LogP contribution is 2.22. The summed E-state index contributed by atoms with van der Waals surface area (Å²) in [6, 6.07) is 6.01. The minimum Gasteiger partial charge on any atom is -0.381 e. The van der Waals surface area contributed by atoms with E-state index in [1.165, 1.54) is 5.56 Å². The van der Waals surface area contributed by atoms with Crippen LogP contribution in [0.5, 0.6) is 0 Å². The Morgan fingerprint density at radius 3 is 2.95 bits per heavy atom. The minimum atomic E-state index is -0.0290. The fourth-order valence-electron chi connectivity index (χ4n) is 2.73. The third-order valence-electron chi connectivity index (χ3n) is 4.02. The van der Waals surface area contributed by atoms with Crippen molar-refractivity contribution in [2.75, 3.05) is 13.2 Å². The van der Waals surface area contributed by atoms with Gasteiger partial charge < -0.3 is 10.1 Å². The Hall–Kier alpha value is -1.72. The van der Waals surface area contributed by atoms with E-state index in [0.717, 1.165) is 24.8 Å². The van der Waals surface area contributed by atoms with Crippen LogP contribution in [0.2, 0.25) is 0 Å². The van der Waals surface area contributed by atoms with Gasteiger partial charge in [0.05, 0.1) is 6.04 Å². The Kier molecular flexibility index (Phi) is 5.19. The van der Waals surface area contributed by atoms with Crippen LogP contribution in [0.25, 0.3) is 0 Å². The summed E-state index contributed by atoms with van der Waals surface area (Å²) in [4.78, 5) is 16.7. The van der Waals surface area contributed by atoms with E-state index in [4.69, 9.17) is 4.74 Å². The van der Waals surface area contributed by atoms with Crippen LogP contribution < -0.4 is 5.32 Å². The first-order chi connectivity index (χ1) is 10.8. The van der Waals surface area contributed by atoms with Gasteiger partial charge in [0.25, 0.3) is 0 Å². The van der Waals surface area contributed by atoms with Crippen LogP contribution in [-0.2, 0) is 16.0 Å². The molecular formula is C17H20N2O2S. The monoisotopic (exact) mass is 316 g/mol. The number of nitrogens with one attached hydrogen (secondary N) is 1. The molecule has 1 atom stereocenters. The van der Waals surface area contributed by atoms with Gasteiger partial charge in [0.1, 0.15) is 0 Å². The van der Waals surface area contributed by atoms with Gasteiger partial charge in [0.2, 0.25) is 5.91 Å². The maximum absolute atomic E-state index is 12.5. The maximum atomic E-state index is 12.5. The normalized spacial score (nSPS) is 17.1. The van der Waals surface area contributed by atoms with Gasteiger partial charge in [-0.2, -0.15) is 11.3 Å². The van der Waals surface area contributed by atoms with Crippen molar-refractivity contribution in [2.45, 2.75) is 25.3 Å². The number of nitrogens with zero attached hydrogens (tertiary/aromatic N) is 1. The summed E-state index contributed by atoms with van der Waals surface area (Å²) in [7, 11) is 0. The number of amides is 1. The number of hydrogen-bond donors (Lipinski definition) is 1. The smallest absolute Gasteiger partial charge is 0.223 e. The van der Waals surface area contributed by atoms with Crippen LogP contribution in [0.3, 0.4) is 0 Å². The van der Waals surface area contributed by atoms with Crippen LogP contribution in [-0.4, -0.2) is 24.1 Å². The number of carbonyl (C=O) groups excluding carboxylic acids is 1. The van der Waals surface area contributed by atoms with Crippen LogP contribution in [0.15, 0.2) is 41.4 Å². The number of ether oxygens (including phenoxy) is 1. The molecule has 1 amide bonds. The van der Waals surface area contributed by atoms with E-state index < -0.39 is 0 Å². The third-order valence-corrected chi connectivity index (χ3v) is 4.75. The van der Waals surface area contributed by atoms with Crippen molar-refractivity contribution in [2.24, 2.45) is 5.92 Å². The summed E-state index contributed by atoms with van der Waals surface area (Å²) in [5.41, 5.74) is 2.29. The van der Waals surface area contributed by atoms with E-state index >= 15 is 0 Å². The molecule has 1 N–H and O–H groups in total. The van der Waals surface area contributed by atoms with Gasteiger partial charge in [-0.15, -0.1) is 0 Å². The first-order valence-corrected chi connectivity index (χ1v) is 8.56. The molecule has 0 spiro atoms. The number of hydrogen-bond acceptors (Lipinski definition) is 4. The van der Waals surface area contributed by atoms with E-state index in [-0.39, 0.29) is 17.9 Å². The number of thiophene rings is 1. The summed E-state index contributed by atoms with van der Waals surface area (Å²) in [5.74, 6) is 0.197. The van der Waals surface area contributed by atoms with Gasteiger partial charge in [0.15, 0.2) is 0 Å². The molecule has 2 aromatic heterocycles. The highest BCUT2D eigenvalue weighted by molar-refractivity contribution is 7.07. The molecule has 1 saturated heterocycles. The molecule has 116 valence electrons. The molecule has 22 heavy (non-hydrogen) atoms. The summed E-state index contributed by atoms with van der Waals surface area (Å²) in [5, 5.41) is 7.41. The largest absolute Gasteiger partial charge is 0.381 e. The van der Waals surface area contributed by atoms with Crippen LogP contribution in [0.1, 0.15) is 30.0 Å². The van der Waals surface area contributed by atoms with Crippen molar-refractivity contribution >= 4 is 17.2 Å². The molecule has 0 bridgehead atoms. The quantitative estimate of drug-likeness (QED) is 0.922. The average Bonchev–Trinajstić information content (AvgIpc) is 3.09. The van der Waals surface area contributed by atoms with Crippen LogP contribution >= 0.6 is 11.3 Å². The van der Waals surface area contributed by atoms with Gasteiger partial charge in [-0.3, -0.25) is 9.78 Å². The zero-order chi connectivity index (χ0) is 15.2. The summed E-state index contributed by atoms with van der Waals surface area (Å²) < 4.78 is 5.34. The molecule has 4 nitrogen and oxygen atoms in total. The zero-order valence-corrected chi connectivity index (χ0v) is 13.2. The van der Waals surface area contributed by atoms with Gasteiger partial charge in [-0.05, 0) is 53.3 Å². The van der Waals surface area contributed by atoms with Crippen molar-refractivity contribution in [1.82, 2.24) is 10.3 Å². The summed E-state index contributed by atoms with van der Waals surface area (Å²) in [6.07, 6.45) is 6.00. The summed E-state index contributed by atoms with van der Waals surface area (Å²) in [6.45, 7) is 1.36. The summed E-state index contributed by atoms with van der Waals surface area (Å²) >= 11 is 1.68. The van der Waals surface area contributed by atoms with Crippen molar-refractivity contribution in [3.63, 3.8) is 0 Å². The maximum Gasteiger partial charge on any atom is 0.223 e. The lowest BCUT2D eigenvalue weighted by Gasteiger charge is -2.25. The molecular weight excluding hydrogens is 296 g/mol. The predicted octanol–water partition coefficient (Wildman–Crippen LogP) is 2.97. The molecule has 1 fully saturated rings. The molecule has 5 heteroatoms. The number of pyridine rings is 1. The molecule has 2 aromatic rings. The number of rotatable bonds is 5. The highest BCUT2D eigenvalue weighted by Gasteiger charge is 2.24. The topological polar surface area (TPSA) is 51.2 Å². The van der Waals surface area contributed by atoms with Gasteiger partial charge in [0, 0.05) is 31.5 Å². The zero-order valence-electron chi connectivity index (χ0n) is 12.4. The van der Waals surface area contributed by atoms with Crippen molar-refractivity contribution in [3.05, 3.63) is 52.5 Å². The predicted molar refractivity (Wildman–Crippen MR) is 86.7 cm³/mol.